The summed E-state index contributed by atoms with van der Waals surface area (Å²) in [7, 11) is 0. The third-order valence-corrected chi connectivity index (χ3v) is 2.63. The van der Waals surface area contributed by atoms with Crippen LogP contribution in [0.5, 0.6) is 0 Å². The number of rotatable bonds is 6. The largest absolute Gasteiger partial charge is 0.395 e. The van der Waals surface area contributed by atoms with Crippen LogP contribution in [0.4, 0.5) is 0 Å². The Morgan fingerprint density at radius 3 is 2.50 bits per heavy atom. The molecule has 0 spiro atoms. The van der Waals surface area contributed by atoms with E-state index in [-0.39, 0.29) is 24.7 Å². The molecule has 0 aliphatic heterocycles. The summed E-state index contributed by atoms with van der Waals surface area (Å²) in [5.41, 5.74) is 0.876. The smallest absolute Gasteiger partial charge is 0.0607 e. The van der Waals surface area contributed by atoms with Crippen LogP contribution in [0.15, 0.2) is 24.4 Å². The maximum Gasteiger partial charge on any atom is 0.0607 e. The lowest BCUT2D eigenvalue weighted by molar-refractivity contribution is 0.166. The zero-order chi connectivity index (χ0) is 12.0. The molecule has 1 aromatic heterocycles. The first kappa shape index (κ1) is 13.1. The summed E-state index contributed by atoms with van der Waals surface area (Å²) in [5.74, 6) is 0. The molecule has 1 heterocycles. The first-order valence-electron chi connectivity index (χ1n) is 5.47. The summed E-state index contributed by atoms with van der Waals surface area (Å²) in [5, 5.41) is 21.0. The monoisotopic (exact) mass is 224 g/mol. The molecule has 0 saturated heterocycles. The molecule has 0 saturated carbocycles. The Kier molecular flexibility index (Phi) is 4.86. The molecule has 0 fully saturated rings. The number of aliphatic hydroxyl groups is 2. The van der Waals surface area contributed by atoms with Crippen LogP contribution in [-0.4, -0.2) is 41.0 Å². The van der Waals surface area contributed by atoms with Gasteiger partial charge in [0.1, 0.15) is 0 Å². The van der Waals surface area contributed by atoms with E-state index in [1.54, 1.807) is 6.20 Å². The highest BCUT2D eigenvalue weighted by Crippen LogP contribution is 2.19. The first-order valence-corrected chi connectivity index (χ1v) is 5.47. The zero-order valence-electron chi connectivity index (χ0n) is 9.85. The number of pyridine rings is 1. The Balaban J connectivity index is 2.58. The highest BCUT2D eigenvalue weighted by molar-refractivity contribution is 5.15. The Labute approximate surface area is 96.3 Å². The van der Waals surface area contributed by atoms with Gasteiger partial charge < -0.3 is 15.5 Å². The van der Waals surface area contributed by atoms with Crippen LogP contribution in [-0.2, 0) is 5.41 Å². The Hall–Kier alpha value is -0.970. The molecule has 0 atom stereocenters. The maximum absolute atomic E-state index is 8.96. The standard InChI is InChI=1S/C12H20N2O2/c1-12(2,9-14-10(7-15)8-16)11-5-3-4-6-13-11/h3-6,10,14-16H,7-9H2,1-2H3. The van der Waals surface area contributed by atoms with Crippen LogP contribution in [0.3, 0.4) is 0 Å². The van der Waals surface area contributed by atoms with Crippen molar-refractivity contribution in [3.8, 4) is 0 Å². The third-order valence-electron chi connectivity index (χ3n) is 2.63. The fourth-order valence-corrected chi connectivity index (χ4v) is 1.44. The van der Waals surface area contributed by atoms with Crippen molar-refractivity contribution < 1.29 is 10.2 Å². The molecule has 90 valence electrons. The molecule has 0 unspecified atom stereocenters. The number of hydrogen-bond acceptors (Lipinski definition) is 4. The number of hydrogen-bond donors (Lipinski definition) is 3. The quantitative estimate of drug-likeness (QED) is 0.650. The molecule has 1 rings (SSSR count). The van der Waals surface area contributed by atoms with E-state index >= 15 is 0 Å². The van der Waals surface area contributed by atoms with Gasteiger partial charge in [0.15, 0.2) is 0 Å². The predicted octanol–water partition coefficient (Wildman–Crippen LogP) is 0.302. The second-order valence-corrected chi connectivity index (χ2v) is 4.54. The number of nitrogens with zero attached hydrogens (tertiary/aromatic N) is 1. The second-order valence-electron chi connectivity index (χ2n) is 4.54. The van der Waals surface area contributed by atoms with Gasteiger partial charge in [0, 0.05) is 23.9 Å². The highest BCUT2D eigenvalue weighted by atomic mass is 16.3. The van der Waals surface area contributed by atoms with Crippen molar-refractivity contribution in [1.82, 2.24) is 10.3 Å². The Bertz CT molecular complexity index is 297. The van der Waals surface area contributed by atoms with Crippen molar-refractivity contribution >= 4 is 0 Å². The van der Waals surface area contributed by atoms with Crippen molar-refractivity contribution in [1.29, 1.82) is 0 Å². The molecule has 0 amide bonds. The van der Waals surface area contributed by atoms with Gasteiger partial charge in [0.25, 0.3) is 0 Å². The van der Waals surface area contributed by atoms with Gasteiger partial charge in [-0.3, -0.25) is 4.98 Å². The van der Waals surface area contributed by atoms with E-state index < -0.39 is 0 Å². The first-order chi connectivity index (χ1) is 7.60. The molecule has 3 N–H and O–H groups in total. The average molecular weight is 224 g/mol. The predicted molar refractivity (Wildman–Crippen MR) is 63.2 cm³/mol. The molecule has 4 nitrogen and oxygen atoms in total. The van der Waals surface area contributed by atoms with Crippen LogP contribution < -0.4 is 5.32 Å². The molecule has 16 heavy (non-hydrogen) atoms. The molecule has 4 heteroatoms. The van der Waals surface area contributed by atoms with Gasteiger partial charge in [0.2, 0.25) is 0 Å². The SMILES string of the molecule is CC(C)(CNC(CO)CO)c1ccccn1. The van der Waals surface area contributed by atoms with E-state index in [2.05, 4.69) is 24.1 Å². The van der Waals surface area contributed by atoms with E-state index in [4.69, 9.17) is 10.2 Å². The van der Waals surface area contributed by atoms with Crippen LogP contribution in [0.1, 0.15) is 19.5 Å². The summed E-state index contributed by atoms with van der Waals surface area (Å²) in [4.78, 5) is 4.32. The topological polar surface area (TPSA) is 65.4 Å². The summed E-state index contributed by atoms with van der Waals surface area (Å²) in [6.07, 6.45) is 1.77. The normalized spacial score (nSPS) is 12.1. The van der Waals surface area contributed by atoms with E-state index in [1.807, 2.05) is 18.2 Å². The molecule has 0 bridgehead atoms. The average Bonchev–Trinajstić information content (AvgIpc) is 2.31. The lowest BCUT2D eigenvalue weighted by Gasteiger charge is -2.26. The maximum atomic E-state index is 8.96. The van der Waals surface area contributed by atoms with Gasteiger partial charge in [0.05, 0.1) is 19.3 Å². The van der Waals surface area contributed by atoms with Gasteiger partial charge in [-0.2, -0.15) is 0 Å². The lowest BCUT2D eigenvalue weighted by Crippen LogP contribution is -2.43. The van der Waals surface area contributed by atoms with Crippen LogP contribution in [0.2, 0.25) is 0 Å². The number of aromatic nitrogens is 1. The van der Waals surface area contributed by atoms with Gasteiger partial charge in [-0.05, 0) is 12.1 Å². The van der Waals surface area contributed by atoms with E-state index in [9.17, 15) is 0 Å². The van der Waals surface area contributed by atoms with Crippen LogP contribution in [0.25, 0.3) is 0 Å². The molecule has 0 aliphatic carbocycles. The van der Waals surface area contributed by atoms with Crippen molar-refractivity contribution in [3.05, 3.63) is 30.1 Å². The van der Waals surface area contributed by atoms with E-state index in [0.717, 1.165) is 5.69 Å². The minimum Gasteiger partial charge on any atom is -0.395 e. The van der Waals surface area contributed by atoms with Gasteiger partial charge in [-0.25, -0.2) is 0 Å². The lowest BCUT2D eigenvalue weighted by atomic mass is 9.88. The van der Waals surface area contributed by atoms with E-state index in [1.165, 1.54) is 0 Å². The number of nitrogens with one attached hydrogen (secondary N) is 1. The Morgan fingerprint density at radius 2 is 2.00 bits per heavy atom. The van der Waals surface area contributed by atoms with Crippen molar-refractivity contribution in [2.24, 2.45) is 0 Å². The van der Waals surface area contributed by atoms with Crippen LogP contribution in [0, 0.1) is 0 Å². The highest BCUT2D eigenvalue weighted by Gasteiger charge is 2.22. The zero-order valence-corrected chi connectivity index (χ0v) is 9.85. The summed E-state index contributed by atoms with van der Waals surface area (Å²) < 4.78 is 0. The summed E-state index contributed by atoms with van der Waals surface area (Å²) in [6.45, 7) is 4.70. The van der Waals surface area contributed by atoms with Crippen molar-refractivity contribution in [3.63, 3.8) is 0 Å². The minimum absolute atomic E-state index is 0.0607. The van der Waals surface area contributed by atoms with Gasteiger partial charge >= 0.3 is 0 Å². The number of aliphatic hydroxyl groups excluding tert-OH is 2. The summed E-state index contributed by atoms with van der Waals surface area (Å²) >= 11 is 0. The molecule has 0 aliphatic rings. The van der Waals surface area contributed by atoms with Gasteiger partial charge in [-0.15, -0.1) is 0 Å². The summed E-state index contributed by atoms with van der Waals surface area (Å²) in [6, 6.07) is 5.56. The fraction of sp³-hybridized carbons (Fsp3) is 0.583. The second kappa shape index (κ2) is 5.94. The Morgan fingerprint density at radius 1 is 1.31 bits per heavy atom. The molecular weight excluding hydrogens is 204 g/mol. The van der Waals surface area contributed by atoms with Crippen molar-refractivity contribution in [2.75, 3.05) is 19.8 Å². The van der Waals surface area contributed by atoms with E-state index in [0.29, 0.717) is 6.54 Å². The molecule has 0 aromatic carbocycles. The molecular formula is C12H20N2O2. The van der Waals surface area contributed by atoms with Crippen LogP contribution >= 0.6 is 0 Å². The third kappa shape index (κ3) is 3.56. The van der Waals surface area contributed by atoms with Gasteiger partial charge in [-0.1, -0.05) is 19.9 Å². The molecule has 0 radical (unpaired) electrons. The van der Waals surface area contributed by atoms with Crippen molar-refractivity contribution in [2.45, 2.75) is 25.3 Å². The molecule has 1 aromatic rings. The fourth-order valence-electron chi connectivity index (χ4n) is 1.44. The minimum atomic E-state index is -0.261.